The Balaban J connectivity index is 2.44. The van der Waals surface area contributed by atoms with Crippen molar-refractivity contribution in [2.45, 2.75) is 39.2 Å². The van der Waals surface area contributed by atoms with Gasteiger partial charge in [-0.25, -0.2) is 0 Å². The number of nitro groups is 1. The third-order valence-corrected chi connectivity index (χ3v) is 2.82. The summed E-state index contributed by atoms with van der Waals surface area (Å²) >= 11 is 0. The Bertz CT molecular complexity index is 410. The van der Waals surface area contributed by atoms with E-state index in [0.717, 1.165) is 12.0 Å². The van der Waals surface area contributed by atoms with E-state index in [1.165, 1.54) is 25.3 Å². The van der Waals surface area contributed by atoms with Crippen molar-refractivity contribution in [1.29, 1.82) is 0 Å². The van der Waals surface area contributed by atoms with E-state index in [1.807, 2.05) is 0 Å². The normalized spacial score (nSPS) is 10.4. The van der Waals surface area contributed by atoms with Gasteiger partial charge in [0.05, 0.1) is 11.5 Å². The van der Waals surface area contributed by atoms with Crippen LogP contribution in [-0.2, 0) is 11.3 Å². The number of anilines is 1. The molecule has 0 saturated heterocycles. The Morgan fingerprint density at radius 2 is 2.16 bits per heavy atom. The SMILES string of the molecule is CCCCCCOCc1ccc([N+](=O)[O-])c(NN)c1. The van der Waals surface area contributed by atoms with Gasteiger partial charge < -0.3 is 10.2 Å². The number of nitro benzene ring substituents is 1. The molecule has 0 radical (unpaired) electrons. The molecule has 3 N–H and O–H groups in total. The van der Waals surface area contributed by atoms with Crippen molar-refractivity contribution in [3.8, 4) is 0 Å². The standard InChI is InChI=1S/C13H21N3O3/c1-2-3-4-5-8-19-10-11-6-7-13(16(17)18)12(9-11)15-14/h6-7,9,15H,2-5,8,10,14H2,1H3. The van der Waals surface area contributed by atoms with E-state index in [1.54, 1.807) is 12.1 Å². The maximum absolute atomic E-state index is 10.7. The monoisotopic (exact) mass is 267 g/mol. The van der Waals surface area contributed by atoms with Crippen LogP contribution in [0.15, 0.2) is 18.2 Å². The number of hydrazine groups is 1. The van der Waals surface area contributed by atoms with E-state index in [2.05, 4.69) is 12.3 Å². The Kier molecular flexibility index (Phi) is 6.84. The zero-order chi connectivity index (χ0) is 14.1. The third-order valence-electron chi connectivity index (χ3n) is 2.82. The topological polar surface area (TPSA) is 90.4 Å². The number of nitrogen functional groups attached to an aromatic ring is 1. The molecule has 6 nitrogen and oxygen atoms in total. The minimum absolute atomic E-state index is 0.0332. The number of benzene rings is 1. The highest BCUT2D eigenvalue weighted by atomic mass is 16.6. The van der Waals surface area contributed by atoms with Crippen molar-refractivity contribution < 1.29 is 9.66 Å². The van der Waals surface area contributed by atoms with Gasteiger partial charge in [-0.1, -0.05) is 26.2 Å². The highest BCUT2D eigenvalue weighted by Crippen LogP contribution is 2.24. The molecule has 0 bridgehead atoms. The first-order chi connectivity index (χ1) is 9.19. The van der Waals surface area contributed by atoms with Crippen molar-refractivity contribution in [3.05, 3.63) is 33.9 Å². The van der Waals surface area contributed by atoms with E-state index in [-0.39, 0.29) is 5.69 Å². The molecule has 0 aliphatic carbocycles. The Morgan fingerprint density at radius 1 is 1.37 bits per heavy atom. The number of hydrogen-bond donors (Lipinski definition) is 2. The lowest BCUT2D eigenvalue weighted by molar-refractivity contribution is -0.384. The van der Waals surface area contributed by atoms with Gasteiger partial charge in [0.15, 0.2) is 0 Å². The second-order valence-corrected chi connectivity index (χ2v) is 4.37. The summed E-state index contributed by atoms with van der Waals surface area (Å²) in [4.78, 5) is 10.3. The third kappa shape index (κ3) is 5.23. The molecule has 0 spiro atoms. The highest BCUT2D eigenvalue weighted by molar-refractivity contribution is 5.61. The Morgan fingerprint density at radius 3 is 2.79 bits per heavy atom. The molecule has 19 heavy (non-hydrogen) atoms. The van der Waals surface area contributed by atoms with Crippen LogP contribution in [0.4, 0.5) is 11.4 Å². The first-order valence-electron chi connectivity index (χ1n) is 6.50. The lowest BCUT2D eigenvalue weighted by Crippen LogP contribution is -2.09. The summed E-state index contributed by atoms with van der Waals surface area (Å²) in [6.45, 7) is 3.32. The van der Waals surface area contributed by atoms with Crippen LogP contribution < -0.4 is 11.3 Å². The van der Waals surface area contributed by atoms with Gasteiger partial charge >= 0.3 is 0 Å². The smallest absolute Gasteiger partial charge is 0.293 e. The summed E-state index contributed by atoms with van der Waals surface area (Å²) in [5.74, 6) is 5.27. The van der Waals surface area contributed by atoms with Gasteiger partial charge in [-0.15, -0.1) is 0 Å². The van der Waals surface area contributed by atoms with E-state index < -0.39 is 4.92 Å². The number of rotatable bonds is 9. The largest absolute Gasteiger partial charge is 0.377 e. The number of nitrogens with zero attached hydrogens (tertiary/aromatic N) is 1. The minimum Gasteiger partial charge on any atom is -0.377 e. The van der Waals surface area contributed by atoms with Gasteiger partial charge in [0.25, 0.3) is 5.69 Å². The predicted octanol–water partition coefficient (Wildman–Crippen LogP) is 2.98. The number of nitrogens with two attached hydrogens (primary N) is 1. The Labute approximate surface area is 113 Å². The first-order valence-corrected chi connectivity index (χ1v) is 6.50. The molecular weight excluding hydrogens is 246 g/mol. The van der Waals surface area contributed by atoms with Crippen LogP contribution in [0.1, 0.15) is 38.2 Å². The lowest BCUT2D eigenvalue weighted by atomic mass is 10.2. The van der Waals surface area contributed by atoms with Crippen molar-refractivity contribution in [2.75, 3.05) is 12.0 Å². The van der Waals surface area contributed by atoms with Gasteiger partial charge in [-0.05, 0) is 24.1 Å². The molecule has 0 aliphatic rings. The summed E-state index contributed by atoms with van der Waals surface area (Å²) in [6.07, 6.45) is 4.64. The number of nitrogens with one attached hydrogen (secondary N) is 1. The van der Waals surface area contributed by atoms with Crippen LogP contribution in [0.25, 0.3) is 0 Å². The van der Waals surface area contributed by atoms with Gasteiger partial charge in [0.2, 0.25) is 0 Å². The summed E-state index contributed by atoms with van der Waals surface area (Å²) in [6, 6.07) is 4.76. The molecule has 0 aromatic heterocycles. The predicted molar refractivity (Wildman–Crippen MR) is 74.7 cm³/mol. The average Bonchev–Trinajstić information content (AvgIpc) is 2.42. The van der Waals surface area contributed by atoms with E-state index in [4.69, 9.17) is 10.6 Å². The molecule has 6 heteroatoms. The molecule has 0 aliphatic heterocycles. The lowest BCUT2D eigenvalue weighted by Gasteiger charge is -2.07. The molecule has 0 amide bonds. The fraction of sp³-hybridized carbons (Fsp3) is 0.538. The maximum atomic E-state index is 10.7. The molecular formula is C13H21N3O3. The average molecular weight is 267 g/mol. The second kappa shape index (κ2) is 8.44. The Hall–Kier alpha value is -1.66. The highest BCUT2D eigenvalue weighted by Gasteiger charge is 2.12. The molecule has 0 atom stereocenters. The summed E-state index contributed by atoms with van der Waals surface area (Å²) in [7, 11) is 0. The molecule has 1 aromatic carbocycles. The van der Waals surface area contributed by atoms with E-state index >= 15 is 0 Å². The van der Waals surface area contributed by atoms with E-state index in [9.17, 15) is 10.1 Å². The van der Waals surface area contributed by atoms with Crippen molar-refractivity contribution in [2.24, 2.45) is 5.84 Å². The molecule has 0 heterocycles. The number of ether oxygens (including phenoxy) is 1. The zero-order valence-corrected chi connectivity index (χ0v) is 11.2. The number of hydrogen-bond acceptors (Lipinski definition) is 5. The molecule has 0 saturated carbocycles. The van der Waals surface area contributed by atoms with Crippen LogP contribution in [0.2, 0.25) is 0 Å². The quantitative estimate of drug-likeness (QED) is 0.310. The van der Waals surface area contributed by atoms with Gasteiger partial charge in [0, 0.05) is 12.7 Å². The van der Waals surface area contributed by atoms with Crippen molar-refractivity contribution in [3.63, 3.8) is 0 Å². The molecule has 1 aromatic rings. The van der Waals surface area contributed by atoms with Gasteiger partial charge in [-0.3, -0.25) is 16.0 Å². The molecule has 0 unspecified atom stereocenters. The van der Waals surface area contributed by atoms with Crippen LogP contribution in [0.3, 0.4) is 0 Å². The molecule has 1 rings (SSSR count). The fourth-order valence-corrected chi connectivity index (χ4v) is 1.77. The van der Waals surface area contributed by atoms with E-state index in [0.29, 0.717) is 18.9 Å². The summed E-state index contributed by atoms with van der Waals surface area (Å²) in [5.41, 5.74) is 3.48. The number of unbranched alkanes of at least 4 members (excludes halogenated alkanes) is 3. The van der Waals surface area contributed by atoms with Crippen LogP contribution in [-0.4, -0.2) is 11.5 Å². The van der Waals surface area contributed by atoms with Crippen LogP contribution in [0.5, 0.6) is 0 Å². The van der Waals surface area contributed by atoms with Crippen molar-refractivity contribution in [1.82, 2.24) is 0 Å². The molecule has 106 valence electrons. The van der Waals surface area contributed by atoms with Gasteiger partial charge in [0.1, 0.15) is 5.69 Å². The van der Waals surface area contributed by atoms with Gasteiger partial charge in [-0.2, -0.15) is 0 Å². The minimum atomic E-state index is -0.468. The summed E-state index contributed by atoms with van der Waals surface area (Å²) < 4.78 is 5.53. The maximum Gasteiger partial charge on any atom is 0.293 e. The second-order valence-electron chi connectivity index (χ2n) is 4.37. The molecule has 0 fully saturated rings. The zero-order valence-electron chi connectivity index (χ0n) is 11.2. The first kappa shape index (κ1) is 15.4. The van der Waals surface area contributed by atoms with Crippen LogP contribution in [0, 0.1) is 10.1 Å². The van der Waals surface area contributed by atoms with Crippen LogP contribution >= 0.6 is 0 Å². The van der Waals surface area contributed by atoms with Crippen molar-refractivity contribution >= 4 is 11.4 Å². The summed E-state index contributed by atoms with van der Waals surface area (Å²) in [5, 5.41) is 10.7. The fourth-order valence-electron chi connectivity index (χ4n) is 1.77.